The van der Waals surface area contributed by atoms with Gasteiger partial charge in [0, 0.05) is 5.02 Å². The summed E-state index contributed by atoms with van der Waals surface area (Å²) in [6.45, 7) is 4.19. The summed E-state index contributed by atoms with van der Waals surface area (Å²) in [5.74, 6) is 0.713. The van der Waals surface area contributed by atoms with Crippen LogP contribution >= 0.6 is 23.2 Å². The van der Waals surface area contributed by atoms with Crippen LogP contribution in [0.4, 0.5) is 0 Å². The van der Waals surface area contributed by atoms with E-state index < -0.39 is 0 Å². The SMILES string of the molecule is CCC(CC)Oc1ccc(Cl)cc1Cl. The van der Waals surface area contributed by atoms with E-state index >= 15 is 0 Å². The molecule has 78 valence electrons. The largest absolute Gasteiger partial charge is 0.489 e. The average molecular weight is 233 g/mol. The lowest BCUT2D eigenvalue weighted by Crippen LogP contribution is -2.13. The van der Waals surface area contributed by atoms with Gasteiger partial charge in [-0.15, -0.1) is 0 Å². The third-order valence-electron chi connectivity index (χ3n) is 2.10. The standard InChI is InChI=1S/C11H14Cl2O/c1-3-9(4-2)14-11-6-5-8(12)7-10(11)13/h5-7,9H,3-4H2,1-2H3. The Kier molecular flexibility index (Phi) is 4.56. The van der Waals surface area contributed by atoms with Crippen molar-refractivity contribution >= 4 is 23.2 Å². The van der Waals surface area contributed by atoms with Crippen molar-refractivity contribution in [2.24, 2.45) is 0 Å². The molecule has 0 radical (unpaired) electrons. The van der Waals surface area contributed by atoms with Crippen LogP contribution in [0.5, 0.6) is 5.75 Å². The number of hydrogen-bond acceptors (Lipinski definition) is 1. The molecule has 0 aliphatic carbocycles. The highest BCUT2D eigenvalue weighted by Gasteiger charge is 2.08. The maximum atomic E-state index is 5.98. The first-order chi connectivity index (χ1) is 6.67. The highest BCUT2D eigenvalue weighted by Crippen LogP contribution is 2.28. The van der Waals surface area contributed by atoms with Gasteiger partial charge in [0.2, 0.25) is 0 Å². The summed E-state index contributed by atoms with van der Waals surface area (Å²) in [5, 5.41) is 1.20. The molecule has 0 amide bonds. The normalized spacial score (nSPS) is 10.6. The molecular weight excluding hydrogens is 219 g/mol. The highest BCUT2D eigenvalue weighted by molar-refractivity contribution is 6.35. The Labute approximate surface area is 95.0 Å². The number of hydrogen-bond donors (Lipinski definition) is 0. The molecule has 0 bridgehead atoms. The van der Waals surface area contributed by atoms with Gasteiger partial charge in [-0.05, 0) is 31.0 Å². The number of halogens is 2. The number of ether oxygens (including phenoxy) is 1. The van der Waals surface area contributed by atoms with Crippen LogP contribution in [0.15, 0.2) is 18.2 Å². The van der Waals surface area contributed by atoms with Crippen LogP contribution in [0.1, 0.15) is 26.7 Å². The number of benzene rings is 1. The van der Waals surface area contributed by atoms with Gasteiger partial charge in [0.1, 0.15) is 5.75 Å². The van der Waals surface area contributed by atoms with E-state index in [2.05, 4.69) is 13.8 Å². The summed E-state index contributed by atoms with van der Waals surface area (Å²) in [6.07, 6.45) is 2.19. The summed E-state index contributed by atoms with van der Waals surface area (Å²) in [4.78, 5) is 0. The molecule has 1 aromatic rings. The first kappa shape index (κ1) is 11.7. The predicted molar refractivity (Wildman–Crippen MR) is 61.5 cm³/mol. The van der Waals surface area contributed by atoms with E-state index in [1.807, 2.05) is 6.07 Å². The molecule has 1 nitrogen and oxygen atoms in total. The van der Waals surface area contributed by atoms with Crippen molar-refractivity contribution in [3.05, 3.63) is 28.2 Å². The van der Waals surface area contributed by atoms with E-state index in [4.69, 9.17) is 27.9 Å². The van der Waals surface area contributed by atoms with Gasteiger partial charge in [-0.25, -0.2) is 0 Å². The highest BCUT2D eigenvalue weighted by atomic mass is 35.5. The second kappa shape index (κ2) is 5.47. The molecule has 14 heavy (non-hydrogen) atoms. The first-order valence-electron chi connectivity index (χ1n) is 4.79. The predicted octanol–water partition coefficient (Wildman–Crippen LogP) is 4.56. The van der Waals surface area contributed by atoms with Gasteiger partial charge in [0.15, 0.2) is 0 Å². The zero-order valence-corrected chi connectivity index (χ0v) is 9.90. The monoisotopic (exact) mass is 232 g/mol. The van der Waals surface area contributed by atoms with Crippen LogP contribution in [0.25, 0.3) is 0 Å². The van der Waals surface area contributed by atoms with Crippen molar-refractivity contribution in [1.29, 1.82) is 0 Å². The molecule has 0 heterocycles. The van der Waals surface area contributed by atoms with Crippen molar-refractivity contribution in [1.82, 2.24) is 0 Å². The third kappa shape index (κ3) is 3.07. The molecule has 0 saturated carbocycles. The van der Waals surface area contributed by atoms with Gasteiger partial charge in [0.25, 0.3) is 0 Å². The lowest BCUT2D eigenvalue weighted by atomic mass is 10.2. The minimum Gasteiger partial charge on any atom is -0.489 e. The van der Waals surface area contributed by atoms with Crippen LogP contribution in [0.2, 0.25) is 10.0 Å². The van der Waals surface area contributed by atoms with Crippen LogP contribution < -0.4 is 4.74 Å². The molecule has 0 unspecified atom stereocenters. The fourth-order valence-corrected chi connectivity index (χ4v) is 1.66. The third-order valence-corrected chi connectivity index (χ3v) is 2.63. The molecule has 0 aromatic heterocycles. The van der Waals surface area contributed by atoms with Crippen LogP contribution in [0, 0.1) is 0 Å². The molecule has 1 rings (SSSR count). The first-order valence-corrected chi connectivity index (χ1v) is 5.54. The van der Waals surface area contributed by atoms with E-state index in [-0.39, 0.29) is 6.10 Å². The van der Waals surface area contributed by atoms with Crippen molar-refractivity contribution in [3.8, 4) is 5.75 Å². The van der Waals surface area contributed by atoms with Crippen LogP contribution in [-0.4, -0.2) is 6.10 Å². The Morgan fingerprint density at radius 3 is 2.36 bits per heavy atom. The van der Waals surface area contributed by atoms with E-state index in [9.17, 15) is 0 Å². The number of rotatable bonds is 4. The fraction of sp³-hybridized carbons (Fsp3) is 0.455. The maximum absolute atomic E-state index is 5.98. The molecule has 0 aliphatic heterocycles. The smallest absolute Gasteiger partial charge is 0.138 e. The van der Waals surface area contributed by atoms with Gasteiger partial charge >= 0.3 is 0 Å². The van der Waals surface area contributed by atoms with E-state index in [1.54, 1.807) is 12.1 Å². The minimum atomic E-state index is 0.230. The Morgan fingerprint density at radius 2 is 1.86 bits per heavy atom. The molecule has 0 fully saturated rings. The molecule has 0 N–H and O–H groups in total. The lowest BCUT2D eigenvalue weighted by Gasteiger charge is -2.16. The lowest BCUT2D eigenvalue weighted by molar-refractivity contribution is 0.193. The molecule has 0 saturated heterocycles. The Morgan fingerprint density at radius 1 is 1.21 bits per heavy atom. The molecule has 0 spiro atoms. The Balaban J connectivity index is 2.76. The van der Waals surface area contributed by atoms with Crippen molar-refractivity contribution in [3.63, 3.8) is 0 Å². The quantitative estimate of drug-likeness (QED) is 0.740. The van der Waals surface area contributed by atoms with Gasteiger partial charge in [-0.2, -0.15) is 0 Å². The van der Waals surface area contributed by atoms with Crippen molar-refractivity contribution in [2.75, 3.05) is 0 Å². The fourth-order valence-electron chi connectivity index (χ4n) is 1.21. The summed E-state index contributed by atoms with van der Waals surface area (Å²) in [6, 6.07) is 5.29. The van der Waals surface area contributed by atoms with E-state index in [0.717, 1.165) is 12.8 Å². The second-order valence-electron chi connectivity index (χ2n) is 3.13. The van der Waals surface area contributed by atoms with Crippen molar-refractivity contribution in [2.45, 2.75) is 32.8 Å². The zero-order chi connectivity index (χ0) is 10.6. The maximum Gasteiger partial charge on any atom is 0.138 e. The van der Waals surface area contributed by atoms with Crippen LogP contribution in [0.3, 0.4) is 0 Å². The molecule has 0 aliphatic rings. The van der Waals surface area contributed by atoms with E-state index in [1.165, 1.54) is 0 Å². The topological polar surface area (TPSA) is 9.23 Å². The molecule has 1 aromatic carbocycles. The summed E-state index contributed by atoms with van der Waals surface area (Å²) < 4.78 is 5.71. The molecular formula is C11H14Cl2O. The van der Waals surface area contributed by atoms with Gasteiger partial charge in [0.05, 0.1) is 11.1 Å². The van der Waals surface area contributed by atoms with Gasteiger partial charge in [-0.1, -0.05) is 37.0 Å². The Hall–Kier alpha value is -0.400. The minimum absolute atomic E-state index is 0.230. The second-order valence-corrected chi connectivity index (χ2v) is 3.97. The van der Waals surface area contributed by atoms with Crippen molar-refractivity contribution < 1.29 is 4.74 Å². The molecule has 3 heteroatoms. The summed E-state index contributed by atoms with van der Waals surface area (Å²) in [5.41, 5.74) is 0. The Bertz CT molecular complexity index is 295. The van der Waals surface area contributed by atoms with Crippen LogP contribution in [-0.2, 0) is 0 Å². The average Bonchev–Trinajstić information content (AvgIpc) is 2.17. The van der Waals surface area contributed by atoms with Gasteiger partial charge in [-0.3, -0.25) is 0 Å². The summed E-state index contributed by atoms with van der Waals surface area (Å²) >= 11 is 11.8. The van der Waals surface area contributed by atoms with Gasteiger partial charge < -0.3 is 4.74 Å². The zero-order valence-electron chi connectivity index (χ0n) is 8.39. The van der Waals surface area contributed by atoms with E-state index in [0.29, 0.717) is 15.8 Å². The molecule has 0 atom stereocenters. The summed E-state index contributed by atoms with van der Waals surface area (Å²) in [7, 11) is 0.